The molecular formula is C17H15N5O7. The Morgan fingerprint density at radius 3 is 2.52 bits per heavy atom. The van der Waals surface area contributed by atoms with E-state index in [0.717, 1.165) is 0 Å². The van der Waals surface area contributed by atoms with Crippen molar-refractivity contribution in [2.45, 2.75) is 6.42 Å². The Balaban J connectivity index is 1.80. The number of fused-ring (bicyclic) bond motifs is 1. The molecule has 0 spiro atoms. The number of hydrogen-bond acceptors (Lipinski definition) is 8. The van der Waals surface area contributed by atoms with Crippen LogP contribution in [-0.4, -0.2) is 32.1 Å². The van der Waals surface area contributed by atoms with Gasteiger partial charge in [0.2, 0.25) is 5.78 Å². The number of carbonyl (C=O) groups excluding carboxylic acids is 2. The molecule has 1 heterocycles. The highest BCUT2D eigenvalue weighted by atomic mass is 16.8. The van der Waals surface area contributed by atoms with Crippen molar-refractivity contribution in [2.24, 2.45) is 0 Å². The maximum Gasteiger partial charge on any atom is 0.292 e. The lowest BCUT2D eigenvalue weighted by Gasteiger charge is -2.15. The standard InChI is InChI=1S/C17H15N5O7/c23-15(17(25)19-11-3-1-2-4-14(11)22(28)29)8-13-16(24)20-12-7-9(21(26)27)5-6-10(12)18-13/h1-7,21-22,26,28H,8H2,(H,19,25)(H,20,24). The first-order valence-corrected chi connectivity index (χ1v) is 8.19. The SMILES string of the molecule is O=C(Cc1nc2ccc([NH+]([O-])O)cc2[nH]c1=O)C(=O)Nc1ccccc1[NH+]([O-])O. The molecule has 150 valence electrons. The lowest BCUT2D eigenvalue weighted by molar-refractivity contribution is -0.991. The molecule has 0 saturated carbocycles. The number of nitrogens with one attached hydrogen (secondary N) is 4. The number of aromatic amines is 1. The molecule has 0 aliphatic carbocycles. The number of rotatable bonds is 6. The molecule has 0 radical (unpaired) electrons. The van der Waals surface area contributed by atoms with E-state index in [2.05, 4.69) is 15.3 Å². The van der Waals surface area contributed by atoms with Gasteiger partial charge in [-0.3, -0.25) is 14.4 Å². The highest BCUT2D eigenvalue weighted by molar-refractivity contribution is 6.41. The quantitative estimate of drug-likeness (QED) is 0.212. The van der Waals surface area contributed by atoms with Gasteiger partial charge in [0, 0.05) is 18.2 Å². The summed E-state index contributed by atoms with van der Waals surface area (Å²) in [6.45, 7) is 0. The predicted molar refractivity (Wildman–Crippen MR) is 97.7 cm³/mol. The molecule has 0 saturated heterocycles. The van der Waals surface area contributed by atoms with Crippen LogP contribution >= 0.6 is 0 Å². The zero-order chi connectivity index (χ0) is 21.1. The fourth-order valence-corrected chi connectivity index (χ4v) is 2.58. The van der Waals surface area contributed by atoms with Gasteiger partial charge in [-0.05, 0) is 12.1 Å². The normalized spacial score (nSPS) is 13.1. The van der Waals surface area contributed by atoms with Crippen molar-refractivity contribution in [3.63, 3.8) is 0 Å². The molecular weight excluding hydrogens is 386 g/mol. The van der Waals surface area contributed by atoms with E-state index in [0.29, 0.717) is 0 Å². The molecule has 2 atom stereocenters. The van der Waals surface area contributed by atoms with Gasteiger partial charge in [0.15, 0.2) is 11.4 Å². The van der Waals surface area contributed by atoms with Crippen molar-refractivity contribution >= 4 is 39.8 Å². The van der Waals surface area contributed by atoms with E-state index in [1.54, 1.807) is 0 Å². The van der Waals surface area contributed by atoms with Gasteiger partial charge >= 0.3 is 0 Å². The Kier molecular flexibility index (Phi) is 5.74. The van der Waals surface area contributed by atoms with E-state index < -0.39 is 34.1 Å². The van der Waals surface area contributed by atoms with Crippen LogP contribution < -0.4 is 21.3 Å². The fourth-order valence-electron chi connectivity index (χ4n) is 2.58. The Hall–Kier alpha value is -3.52. The molecule has 0 fully saturated rings. The summed E-state index contributed by atoms with van der Waals surface area (Å²) in [4.78, 5) is 42.9. The number of nitrogens with zero attached hydrogens (tertiary/aromatic N) is 1. The van der Waals surface area contributed by atoms with Crippen LogP contribution in [0.25, 0.3) is 11.0 Å². The highest BCUT2D eigenvalue weighted by Gasteiger charge is 2.20. The summed E-state index contributed by atoms with van der Waals surface area (Å²) < 4.78 is 0. The van der Waals surface area contributed by atoms with Gasteiger partial charge in [-0.1, -0.05) is 12.1 Å². The molecule has 1 aromatic heterocycles. The van der Waals surface area contributed by atoms with Crippen LogP contribution in [0.2, 0.25) is 0 Å². The molecule has 12 heteroatoms. The number of para-hydroxylation sites is 2. The monoisotopic (exact) mass is 401 g/mol. The number of benzene rings is 2. The smallest absolute Gasteiger partial charge is 0.292 e. The number of amides is 1. The summed E-state index contributed by atoms with van der Waals surface area (Å²) in [5.41, 5.74) is -0.848. The zero-order valence-electron chi connectivity index (χ0n) is 14.6. The molecule has 6 N–H and O–H groups in total. The summed E-state index contributed by atoms with van der Waals surface area (Å²) in [7, 11) is 0. The van der Waals surface area contributed by atoms with Gasteiger partial charge in [0.1, 0.15) is 11.4 Å². The van der Waals surface area contributed by atoms with Crippen LogP contribution in [0.1, 0.15) is 5.69 Å². The molecule has 12 nitrogen and oxygen atoms in total. The number of ketones is 1. The van der Waals surface area contributed by atoms with E-state index in [9.17, 15) is 24.8 Å². The van der Waals surface area contributed by atoms with Crippen molar-refractivity contribution in [3.8, 4) is 0 Å². The lowest BCUT2D eigenvalue weighted by Crippen LogP contribution is -2.99. The summed E-state index contributed by atoms with van der Waals surface area (Å²) >= 11 is 0. The summed E-state index contributed by atoms with van der Waals surface area (Å²) in [6, 6.07) is 9.44. The maximum absolute atomic E-state index is 12.2. The molecule has 29 heavy (non-hydrogen) atoms. The molecule has 0 aliphatic heterocycles. The third-order valence-corrected chi connectivity index (χ3v) is 4.00. The maximum atomic E-state index is 12.2. The third kappa shape index (κ3) is 4.49. The topological polar surface area (TPSA) is 187 Å². The van der Waals surface area contributed by atoms with Crippen LogP contribution in [0.3, 0.4) is 0 Å². The minimum Gasteiger partial charge on any atom is -0.595 e. The van der Waals surface area contributed by atoms with E-state index in [1.807, 2.05) is 0 Å². The van der Waals surface area contributed by atoms with Gasteiger partial charge in [-0.25, -0.2) is 15.4 Å². The second-order valence-electron chi connectivity index (χ2n) is 5.95. The van der Waals surface area contributed by atoms with Crippen LogP contribution in [0.5, 0.6) is 0 Å². The number of carbonyl (C=O) groups is 2. The molecule has 0 aliphatic rings. The van der Waals surface area contributed by atoms with Crippen LogP contribution in [0, 0.1) is 10.4 Å². The second kappa shape index (κ2) is 8.24. The molecule has 3 rings (SSSR count). The minimum atomic E-state index is -1.28. The van der Waals surface area contributed by atoms with Crippen LogP contribution in [-0.2, 0) is 16.0 Å². The van der Waals surface area contributed by atoms with Crippen LogP contribution in [0.4, 0.5) is 17.1 Å². The Morgan fingerprint density at radius 1 is 1.10 bits per heavy atom. The molecule has 0 bridgehead atoms. The van der Waals surface area contributed by atoms with Crippen molar-refractivity contribution < 1.29 is 30.5 Å². The van der Waals surface area contributed by atoms with E-state index in [-0.39, 0.29) is 33.8 Å². The molecule has 2 unspecified atom stereocenters. The van der Waals surface area contributed by atoms with Crippen molar-refractivity contribution in [1.82, 2.24) is 9.97 Å². The number of aromatic nitrogens is 2. The fraction of sp³-hybridized carbons (Fsp3) is 0.0588. The van der Waals surface area contributed by atoms with E-state index in [4.69, 9.17) is 10.4 Å². The first-order chi connectivity index (χ1) is 13.8. The van der Waals surface area contributed by atoms with E-state index >= 15 is 0 Å². The van der Waals surface area contributed by atoms with Crippen molar-refractivity contribution in [3.05, 3.63) is 68.9 Å². The second-order valence-corrected chi connectivity index (χ2v) is 5.95. The van der Waals surface area contributed by atoms with Gasteiger partial charge in [0.05, 0.1) is 17.5 Å². The van der Waals surface area contributed by atoms with Gasteiger partial charge in [-0.2, -0.15) is 10.5 Å². The number of anilines is 1. The number of Topliss-reactive ketones (excluding diaryl/α,β-unsaturated/α-hetero) is 1. The first-order valence-electron chi connectivity index (χ1n) is 8.19. The van der Waals surface area contributed by atoms with Crippen molar-refractivity contribution in [1.29, 1.82) is 0 Å². The number of quaternary nitrogens is 2. The summed E-state index contributed by atoms with van der Waals surface area (Å²) in [5.74, 6) is -2.09. The molecule has 1 amide bonds. The Bertz CT molecular complexity index is 1140. The van der Waals surface area contributed by atoms with Crippen molar-refractivity contribution in [2.75, 3.05) is 5.32 Å². The third-order valence-electron chi connectivity index (χ3n) is 4.00. The van der Waals surface area contributed by atoms with Gasteiger partial charge in [0.25, 0.3) is 11.5 Å². The van der Waals surface area contributed by atoms with Gasteiger partial charge < -0.3 is 20.7 Å². The highest BCUT2D eigenvalue weighted by Crippen LogP contribution is 2.16. The van der Waals surface area contributed by atoms with Gasteiger partial charge in [-0.15, -0.1) is 0 Å². The lowest BCUT2D eigenvalue weighted by atomic mass is 10.2. The first kappa shape index (κ1) is 20.2. The number of hydrogen-bond donors (Lipinski definition) is 6. The summed E-state index contributed by atoms with van der Waals surface area (Å²) in [5, 5.41) is 40.0. The zero-order valence-corrected chi connectivity index (χ0v) is 14.6. The number of H-pyrrole nitrogens is 1. The van der Waals surface area contributed by atoms with Crippen LogP contribution in [0.15, 0.2) is 47.3 Å². The molecule has 2 aromatic carbocycles. The minimum absolute atomic E-state index is 0.0461. The molecule has 3 aromatic rings. The van der Waals surface area contributed by atoms with E-state index in [1.165, 1.54) is 42.5 Å². The average Bonchev–Trinajstić information content (AvgIpc) is 2.68. The Morgan fingerprint density at radius 2 is 1.83 bits per heavy atom. The predicted octanol–water partition coefficient (Wildman–Crippen LogP) is -1.52. The summed E-state index contributed by atoms with van der Waals surface area (Å²) in [6.07, 6.45) is -0.618. The largest absolute Gasteiger partial charge is 0.595 e. The Labute approximate surface area is 161 Å². The average molecular weight is 401 g/mol.